The van der Waals surface area contributed by atoms with Crippen LogP contribution >= 0.6 is 12.2 Å². The van der Waals surface area contributed by atoms with E-state index in [1.165, 1.54) is 0 Å². The predicted octanol–water partition coefficient (Wildman–Crippen LogP) is 1.46. The van der Waals surface area contributed by atoms with E-state index in [1.54, 1.807) is 31.4 Å². The number of nitrogens with one attached hydrogen (secondary N) is 3. The third-order valence-electron chi connectivity index (χ3n) is 2.29. The van der Waals surface area contributed by atoms with Crippen LogP contribution in [0.1, 0.15) is 24.2 Å². The lowest BCUT2D eigenvalue weighted by molar-refractivity contribution is 0.0943. The molecule has 0 aliphatic carbocycles. The van der Waals surface area contributed by atoms with Gasteiger partial charge in [-0.2, -0.15) is 0 Å². The topological polar surface area (TPSA) is 62.4 Å². The second-order valence-electron chi connectivity index (χ2n) is 4.41. The van der Waals surface area contributed by atoms with E-state index in [2.05, 4.69) is 30.0 Å². The zero-order chi connectivity index (χ0) is 14.3. The van der Waals surface area contributed by atoms with E-state index in [-0.39, 0.29) is 5.91 Å². The molecular formula is C13H19N3O2S. The van der Waals surface area contributed by atoms with E-state index in [0.717, 1.165) is 6.54 Å². The number of hydrogen-bond acceptors (Lipinski definition) is 3. The van der Waals surface area contributed by atoms with Crippen molar-refractivity contribution < 1.29 is 9.53 Å². The Labute approximate surface area is 118 Å². The van der Waals surface area contributed by atoms with E-state index in [4.69, 9.17) is 17.0 Å². The summed E-state index contributed by atoms with van der Waals surface area (Å²) in [6.07, 6.45) is 0. The highest BCUT2D eigenvalue weighted by Gasteiger charge is 2.06. The van der Waals surface area contributed by atoms with Crippen molar-refractivity contribution in [3.63, 3.8) is 0 Å². The molecule has 0 saturated heterocycles. The Bertz CT molecular complexity index is 449. The zero-order valence-electron chi connectivity index (χ0n) is 11.3. The summed E-state index contributed by atoms with van der Waals surface area (Å²) in [6.45, 7) is 4.90. The number of methoxy groups -OCH3 is 1. The van der Waals surface area contributed by atoms with Crippen molar-refractivity contribution in [2.45, 2.75) is 13.8 Å². The Morgan fingerprint density at radius 2 is 2.11 bits per heavy atom. The maximum absolute atomic E-state index is 11.8. The first-order chi connectivity index (χ1) is 9.02. The van der Waals surface area contributed by atoms with Gasteiger partial charge in [0.25, 0.3) is 5.91 Å². The number of hydrogen-bond donors (Lipinski definition) is 3. The van der Waals surface area contributed by atoms with E-state index in [0.29, 0.717) is 22.3 Å². The highest BCUT2D eigenvalue weighted by molar-refractivity contribution is 7.80. The van der Waals surface area contributed by atoms with Gasteiger partial charge in [0.1, 0.15) is 5.75 Å². The summed E-state index contributed by atoms with van der Waals surface area (Å²) in [4.78, 5) is 11.8. The number of carbonyl (C=O) groups excluding carboxylic acids is 1. The van der Waals surface area contributed by atoms with Crippen LogP contribution in [0.15, 0.2) is 24.3 Å². The molecule has 0 heterocycles. The van der Waals surface area contributed by atoms with Crippen LogP contribution < -0.4 is 20.9 Å². The molecule has 0 saturated carbocycles. The Hall–Kier alpha value is -1.82. The molecule has 0 radical (unpaired) electrons. The monoisotopic (exact) mass is 281 g/mol. The van der Waals surface area contributed by atoms with E-state index >= 15 is 0 Å². The van der Waals surface area contributed by atoms with Gasteiger partial charge in [0.15, 0.2) is 5.11 Å². The highest BCUT2D eigenvalue weighted by Crippen LogP contribution is 2.11. The first-order valence-electron chi connectivity index (χ1n) is 6.01. The summed E-state index contributed by atoms with van der Waals surface area (Å²) in [7, 11) is 1.56. The van der Waals surface area contributed by atoms with Crippen molar-refractivity contribution in [1.29, 1.82) is 0 Å². The fourth-order valence-electron chi connectivity index (χ4n) is 1.29. The number of rotatable bonds is 4. The molecule has 0 aliphatic heterocycles. The Morgan fingerprint density at radius 3 is 2.74 bits per heavy atom. The van der Waals surface area contributed by atoms with E-state index in [1.807, 2.05) is 0 Å². The quantitative estimate of drug-likeness (QED) is 0.576. The van der Waals surface area contributed by atoms with Crippen LogP contribution in [0, 0.1) is 5.92 Å². The lowest BCUT2D eigenvalue weighted by Crippen LogP contribution is -2.47. The minimum atomic E-state index is -0.271. The van der Waals surface area contributed by atoms with Crippen LogP contribution in [-0.4, -0.2) is 24.7 Å². The van der Waals surface area contributed by atoms with Gasteiger partial charge in [-0.15, -0.1) is 0 Å². The Kier molecular flexibility index (Phi) is 6.08. The van der Waals surface area contributed by atoms with Gasteiger partial charge < -0.3 is 10.1 Å². The molecule has 0 aliphatic rings. The molecule has 1 aromatic rings. The molecule has 1 amide bonds. The van der Waals surface area contributed by atoms with Crippen molar-refractivity contribution in [3.05, 3.63) is 29.8 Å². The van der Waals surface area contributed by atoms with Gasteiger partial charge >= 0.3 is 0 Å². The molecule has 0 spiro atoms. The third-order valence-corrected chi connectivity index (χ3v) is 2.54. The Balaban J connectivity index is 2.44. The molecule has 0 aromatic heterocycles. The van der Waals surface area contributed by atoms with Crippen molar-refractivity contribution in [1.82, 2.24) is 16.2 Å². The maximum atomic E-state index is 11.8. The third kappa shape index (κ3) is 5.56. The number of amides is 1. The smallest absolute Gasteiger partial charge is 0.269 e. The average molecular weight is 281 g/mol. The van der Waals surface area contributed by atoms with Gasteiger partial charge in [0.05, 0.1) is 7.11 Å². The number of benzene rings is 1. The minimum Gasteiger partial charge on any atom is -0.497 e. The van der Waals surface area contributed by atoms with Gasteiger partial charge in [-0.25, -0.2) is 0 Å². The summed E-state index contributed by atoms with van der Waals surface area (Å²) in [6, 6.07) is 6.88. The van der Waals surface area contributed by atoms with Crippen LogP contribution in [0.3, 0.4) is 0 Å². The van der Waals surface area contributed by atoms with E-state index in [9.17, 15) is 4.79 Å². The number of hydrazine groups is 1. The van der Waals surface area contributed by atoms with Crippen LogP contribution in [0.25, 0.3) is 0 Å². The van der Waals surface area contributed by atoms with Crippen LogP contribution in [0.5, 0.6) is 5.75 Å². The SMILES string of the molecule is COc1cccc(C(=O)NNC(=S)NCC(C)C)c1. The molecule has 104 valence electrons. The summed E-state index contributed by atoms with van der Waals surface area (Å²) in [5.74, 6) is 0.842. The van der Waals surface area contributed by atoms with Crippen LogP contribution in [0.4, 0.5) is 0 Å². The second kappa shape index (κ2) is 7.58. The first-order valence-corrected chi connectivity index (χ1v) is 6.42. The molecule has 0 bridgehead atoms. The van der Waals surface area contributed by atoms with Gasteiger partial charge in [-0.3, -0.25) is 15.6 Å². The fourth-order valence-corrected chi connectivity index (χ4v) is 1.43. The van der Waals surface area contributed by atoms with Crippen molar-refractivity contribution in [2.75, 3.05) is 13.7 Å². The van der Waals surface area contributed by atoms with E-state index < -0.39 is 0 Å². The lowest BCUT2D eigenvalue weighted by atomic mass is 10.2. The molecule has 1 rings (SSSR count). The van der Waals surface area contributed by atoms with Crippen molar-refractivity contribution in [3.8, 4) is 5.75 Å². The maximum Gasteiger partial charge on any atom is 0.269 e. The van der Waals surface area contributed by atoms with Gasteiger partial charge in [-0.05, 0) is 36.3 Å². The Morgan fingerprint density at radius 1 is 1.37 bits per heavy atom. The standard InChI is InChI=1S/C13H19N3O2S/c1-9(2)8-14-13(19)16-15-12(17)10-5-4-6-11(7-10)18-3/h4-7,9H,8H2,1-3H3,(H,15,17)(H2,14,16,19). The summed E-state index contributed by atoms with van der Waals surface area (Å²) in [5.41, 5.74) is 5.68. The van der Waals surface area contributed by atoms with Crippen molar-refractivity contribution in [2.24, 2.45) is 5.92 Å². The largest absolute Gasteiger partial charge is 0.497 e. The van der Waals surface area contributed by atoms with Gasteiger partial charge in [0.2, 0.25) is 0 Å². The number of carbonyl (C=O) groups is 1. The first kappa shape index (κ1) is 15.2. The molecule has 19 heavy (non-hydrogen) atoms. The molecule has 0 atom stereocenters. The molecular weight excluding hydrogens is 262 g/mol. The fraction of sp³-hybridized carbons (Fsp3) is 0.385. The predicted molar refractivity (Wildman–Crippen MR) is 79.0 cm³/mol. The second-order valence-corrected chi connectivity index (χ2v) is 4.82. The van der Waals surface area contributed by atoms with Crippen LogP contribution in [0.2, 0.25) is 0 Å². The molecule has 5 nitrogen and oxygen atoms in total. The summed E-state index contributed by atoms with van der Waals surface area (Å²) in [5, 5.41) is 3.39. The molecule has 0 unspecified atom stereocenters. The minimum absolute atomic E-state index is 0.271. The summed E-state index contributed by atoms with van der Waals surface area (Å²) >= 11 is 5.03. The van der Waals surface area contributed by atoms with Crippen molar-refractivity contribution >= 4 is 23.2 Å². The number of thiocarbonyl (C=S) groups is 1. The van der Waals surface area contributed by atoms with Gasteiger partial charge in [0, 0.05) is 12.1 Å². The molecule has 3 N–H and O–H groups in total. The zero-order valence-corrected chi connectivity index (χ0v) is 12.1. The molecule has 0 fully saturated rings. The molecule has 6 heteroatoms. The number of ether oxygens (including phenoxy) is 1. The average Bonchev–Trinajstić information content (AvgIpc) is 2.42. The normalized spacial score (nSPS) is 9.89. The highest BCUT2D eigenvalue weighted by atomic mass is 32.1. The lowest BCUT2D eigenvalue weighted by Gasteiger charge is -2.13. The molecule has 1 aromatic carbocycles. The summed E-state index contributed by atoms with van der Waals surface area (Å²) < 4.78 is 5.06. The van der Waals surface area contributed by atoms with Crippen LogP contribution in [-0.2, 0) is 0 Å². The van der Waals surface area contributed by atoms with Gasteiger partial charge in [-0.1, -0.05) is 19.9 Å².